The van der Waals surface area contributed by atoms with E-state index < -0.39 is 11.7 Å². The van der Waals surface area contributed by atoms with Crippen molar-refractivity contribution in [3.8, 4) is 5.75 Å². The number of hydrogen-bond acceptors (Lipinski definition) is 2. The number of ether oxygens (including phenoxy) is 1. The van der Waals surface area contributed by atoms with Gasteiger partial charge in [-0.15, -0.1) is 6.58 Å². The highest BCUT2D eigenvalue weighted by Crippen LogP contribution is 2.15. The van der Waals surface area contributed by atoms with E-state index >= 15 is 0 Å². The number of amides is 1. The van der Waals surface area contributed by atoms with Gasteiger partial charge in [-0.05, 0) is 18.6 Å². The fourth-order valence-electron chi connectivity index (χ4n) is 1.19. The standard InChI is InChI=1S/C12H14FNO2/c1-3-4-7-14-12(15)10-6-5-9(16-2)8-11(10)13/h3,5-6,8H,1,4,7H2,2H3,(H,14,15). The molecule has 0 aliphatic rings. The van der Waals surface area contributed by atoms with Crippen LogP contribution in [0.25, 0.3) is 0 Å². The zero-order valence-electron chi connectivity index (χ0n) is 9.13. The summed E-state index contributed by atoms with van der Waals surface area (Å²) in [5.41, 5.74) is 0.0184. The van der Waals surface area contributed by atoms with Crippen LogP contribution in [0.15, 0.2) is 30.9 Å². The van der Waals surface area contributed by atoms with Gasteiger partial charge in [-0.3, -0.25) is 4.79 Å². The summed E-state index contributed by atoms with van der Waals surface area (Å²) in [5.74, 6) is -0.627. The summed E-state index contributed by atoms with van der Waals surface area (Å²) in [6, 6.07) is 4.13. The zero-order valence-corrected chi connectivity index (χ0v) is 9.13. The molecule has 0 fully saturated rings. The topological polar surface area (TPSA) is 38.3 Å². The van der Waals surface area contributed by atoms with E-state index in [0.717, 1.165) is 0 Å². The highest BCUT2D eigenvalue weighted by Gasteiger charge is 2.11. The SMILES string of the molecule is C=CCCNC(=O)c1ccc(OC)cc1F. The Morgan fingerprint density at radius 2 is 2.38 bits per heavy atom. The molecular weight excluding hydrogens is 209 g/mol. The van der Waals surface area contributed by atoms with Crippen LogP contribution in [0.5, 0.6) is 5.75 Å². The molecule has 0 radical (unpaired) electrons. The Balaban J connectivity index is 2.72. The second-order valence-electron chi connectivity index (χ2n) is 3.18. The van der Waals surface area contributed by atoms with Crippen molar-refractivity contribution in [1.29, 1.82) is 0 Å². The lowest BCUT2D eigenvalue weighted by atomic mass is 10.2. The third-order valence-corrected chi connectivity index (χ3v) is 2.05. The predicted molar refractivity (Wildman–Crippen MR) is 60.1 cm³/mol. The molecule has 1 aromatic carbocycles. The minimum atomic E-state index is -0.588. The van der Waals surface area contributed by atoms with Crippen LogP contribution in [-0.4, -0.2) is 19.6 Å². The van der Waals surface area contributed by atoms with Gasteiger partial charge in [-0.25, -0.2) is 4.39 Å². The van der Waals surface area contributed by atoms with E-state index in [2.05, 4.69) is 11.9 Å². The first-order chi connectivity index (χ1) is 7.69. The van der Waals surface area contributed by atoms with Crippen molar-refractivity contribution in [3.05, 3.63) is 42.2 Å². The second-order valence-corrected chi connectivity index (χ2v) is 3.18. The van der Waals surface area contributed by atoms with Crippen LogP contribution < -0.4 is 10.1 Å². The molecule has 1 N–H and O–H groups in total. The lowest BCUT2D eigenvalue weighted by Crippen LogP contribution is -2.25. The van der Waals surface area contributed by atoms with Crippen LogP contribution in [0.4, 0.5) is 4.39 Å². The van der Waals surface area contributed by atoms with Gasteiger partial charge in [0.2, 0.25) is 0 Å². The van der Waals surface area contributed by atoms with Crippen LogP contribution in [0, 0.1) is 5.82 Å². The van der Waals surface area contributed by atoms with Crippen LogP contribution in [0.2, 0.25) is 0 Å². The van der Waals surface area contributed by atoms with Crippen LogP contribution >= 0.6 is 0 Å². The summed E-state index contributed by atoms with van der Waals surface area (Å²) < 4.78 is 18.3. The van der Waals surface area contributed by atoms with E-state index in [9.17, 15) is 9.18 Å². The molecule has 86 valence electrons. The molecule has 1 aromatic rings. The molecule has 0 aliphatic heterocycles. The normalized spacial score (nSPS) is 9.62. The van der Waals surface area contributed by atoms with Gasteiger partial charge in [-0.1, -0.05) is 6.08 Å². The van der Waals surface area contributed by atoms with Gasteiger partial charge < -0.3 is 10.1 Å². The number of carbonyl (C=O) groups is 1. The number of halogens is 1. The lowest BCUT2D eigenvalue weighted by molar-refractivity contribution is 0.0950. The third-order valence-electron chi connectivity index (χ3n) is 2.05. The summed E-state index contributed by atoms with van der Waals surface area (Å²) in [7, 11) is 1.44. The lowest BCUT2D eigenvalue weighted by Gasteiger charge is -2.06. The molecule has 0 saturated heterocycles. The van der Waals surface area contributed by atoms with Crippen LogP contribution in [-0.2, 0) is 0 Å². The Kier molecular flexibility index (Phi) is 4.51. The van der Waals surface area contributed by atoms with Gasteiger partial charge in [0.15, 0.2) is 0 Å². The molecule has 0 aliphatic carbocycles. The molecule has 1 amide bonds. The Labute approximate surface area is 93.9 Å². The van der Waals surface area contributed by atoms with E-state index in [-0.39, 0.29) is 5.56 Å². The highest BCUT2D eigenvalue weighted by molar-refractivity contribution is 5.94. The van der Waals surface area contributed by atoms with Gasteiger partial charge in [-0.2, -0.15) is 0 Å². The number of hydrogen-bond donors (Lipinski definition) is 1. The Hall–Kier alpha value is -1.84. The minimum absolute atomic E-state index is 0.0184. The maximum absolute atomic E-state index is 13.4. The van der Waals surface area contributed by atoms with E-state index in [1.807, 2.05) is 0 Å². The van der Waals surface area contributed by atoms with E-state index in [0.29, 0.717) is 18.7 Å². The molecule has 0 bridgehead atoms. The van der Waals surface area contributed by atoms with Gasteiger partial charge in [0, 0.05) is 12.6 Å². The van der Waals surface area contributed by atoms with Crippen molar-refractivity contribution >= 4 is 5.91 Å². The Morgan fingerprint density at radius 3 is 2.94 bits per heavy atom. The summed E-state index contributed by atoms with van der Waals surface area (Å²) in [5, 5.41) is 2.59. The fraction of sp³-hybridized carbons (Fsp3) is 0.250. The maximum atomic E-state index is 13.4. The van der Waals surface area contributed by atoms with Crippen molar-refractivity contribution in [2.24, 2.45) is 0 Å². The van der Waals surface area contributed by atoms with E-state index in [1.165, 1.54) is 19.2 Å². The second kappa shape index (κ2) is 5.90. The van der Waals surface area contributed by atoms with Crippen LogP contribution in [0.1, 0.15) is 16.8 Å². The fourth-order valence-corrected chi connectivity index (χ4v) is 1.19. The number of rotatable bonds is 5. The van der Waals surface area contributed by atoms with E-state index in [4.69, 9.17) is 4.74 Å². The predicted octanol–water partition coefficient (Wildman–Crippen LogP) is 2.14. The molecule has 0 heterocycles. The molecule has 16 heavy (non-hydrogen) atoms. The van der Waals surface area contributed by atoms with Gasteiger partial charge in [0.1, 0.15) is 11.6 Å². The van der Waals surface area contributed by atoms with Crippen molar-refractivity contribution in [1.82, 2.24) is 5.32 Å². The van der Waals surface area contributed by atoms with Crippen molar-refractivity contribution < 1.29 is 13.9 Å². The first kappa shape index (κ1) is 12.2. The molecule has 4 heteroatoms. The van der Waals surface area contributed by atoms with E-state index in [1.54, 1.807) is 12.1 Å². The maximum Gasteiger partial charge on any atom is 0.254 e. The molecular formula is C12H14FNO2. The summed E-state index contributed by atoms with van der Waals surface area (Å²) >= 11 is 0. The highest BCUT2D eigenvalue weighted by atomic mass is 19.1. The number of benzene rings is 1. The smallest absolute Gasteiger partial charge is 0.254 e. The molecule has 3 nitrogen and oxygen atoms in total. The first-order valence-electron chi connectivity index (χ1n) is 4.91. The number of nitrogens with one attached hydrogen (secondary N) is 1. The average Bonchev–Trinajstić information content (AvgIpc) is 2.29. The summed E-state index contributed by atoms with van der Waals surface area (Å²) in [6.07, 6.45) is 2.34. The van der Waals surface area contributed by atoms with Crippen molar-refractivity contribution in [2.45, 2.75) is 6.42 Å². The van der Waals surface area contributed by atoms with Gasteiger partial charge in [0.05, 0.1) is 12.7 Å². The molecule has 0 spiro atoms. The van der Waals surface area contributed by atoms with Crippen molar-refractivity contribution in [3.63, 3.8) is 0 Å². The average molecular weight is 223 g/mol. The molecule has 1 rings (SSSR count). The monoisotopic (exact) mass is 223 g/mol. The van der Waals surface area contributed by atoms with Crippen molar-refractivity contribution in [2.75, 3.05) is 13.7 Å². The largest absolute Gasteiger partial charge is 0.497 e. The summed E-state index contributed by atoms with van der Waals surface area (Å²) in [6.45, 7) is 3.98. The molecule has 0 saturated carbocycles. The minimum Gasteiger partial charge on any atom is -0.497 e. The van der Waals surface area contributed by atoms with Gasteiger partial charge in [0.25, 0.3) is 5.91 Å². The molecule has 0 atom stereocenters. The number of carbonyl (C=O) groups excluding carboxylic acids is 1. The summed E-state index contributed by atoms with van der Waals surface area (Å²) in [4.78, 5) is 11.5. The molecule has 0 unspecified atom stereocenters. The number of methoxy groups -OCH3 is 1. The first-order valence-corrected chi connectivity index (χ1v) is 4.91. The van der Waals surface area contributed by atoms with Crippen LogP contribution in [0.3, 0.4) is 0 Å². The molecule has 0 aromatic heterocycles. The quantitative estimate of drug-likeness (QED) is 0.613. The third kappa shape index (κ3) is 3.08. The Bertz CT molecular complexity index is 391. The zero-order chi connectivity index (χ0) is 12.0. The van der Waals surface area contributed by atoms with Gasteiger partial charge >= 0.3 is 0 Å². The Morgan fingerprint density at radius 1 is 1.62 bits per heavy atom.